The molecule has 0 aliphatic carbocycles. The summed E-state index contributed by atoms with van der Waals surface area (Å²) in [4.78, 5) is 10.5. The van der Waals surface area contributed by atoms with Crippen LogP contribution in [0.1, 0.15) is 6.42 Å². The van der Waals surface area contributed by atoms with Crippen molar-refractivity contribution in [3.63, 3.8) is 0 Å². The van der Waals surface area contributed by atoms with Crippen molar-refractivity contribution >= 4 is 5.97 Å². The normalized spacial score (nSPS) is 16.7. The van der Waals surface area contributed by atoms with Crippen LogP contribution in [0.3, 0.4) is 0 Å². The second kappa shape index (κ2) is 8.51. The molecule has 1 unspecified atom stereocenters. The van der Waals surface area contributed by atoms with E-state index in [9.17, 15) is 75.0 Å². The number of nitrogens with zero attached hydrogens (tertiary/aromatic N) is 1. The second-order valence-corrected chi connectivity index (χ2v) is 7.46. The molecule has 0 fully saturated rings. The van der Waals surface area contributed by atoms with Crippen LogP contribution >= 0.6 is 0 Å². The Morgan fingerprint density at radius 1 is 0.697 bits per heavy atom. The lowest BCUT2D eigenvalue weighted by Crippen LogP contribution is -2.73. The Kier molecular flexibility index (Phi) is 8.08. The molecule has 0 rings (SSSR count). The summed E-state index contributed by atoms with van der Waals surface area (Å²) < 4.78 is 208. The molecule has 0 radical (unpaired) electrons. The topological polar surface area (TPSA) is 37.3 Å². The van der Waals surface area contributed by atoms with E-state index in [2.05, 4.69) is 0 Å². The quantitative estimate of drug-likeness (QED) is 0.292. The highest BCUT2D eigenvalue weighted by Gasteiger charge is 2.93. The molecule has 0 aromatic carbocycles. The van der Waals surface area contributed by atoms with Gasteiger partial charge in [0.05, 0.1) is 20.6 Å². The first kappa shape index (κ1) is 31.3. The number of alkyl halides is 16. The Morgan fingerprint density at radius 3 is 1.36 bits per heavy atom. The first-order chi connectivity index (χ1) is 14.0. The average Bonchev–Trinajstić information content (AvgIpc) is 2.56. The van der Waals surface area contributed by atoms with Crippen LogP contribution in [0.5, 0.6) is 0 Å². The van der Waals surface area contributed by atoms with Crippen molar-refractivity contribution in [3.8, 4) is 0 Å². The summed E-state index contributed by atoms with van der Waals surface area (Å²) in [7, 11) is 1.75. The first-order valence-electron chi connectivity index (χ1n) is 8.06. The molecule has 0 bridgehead atoms. The van der Waals surface area contributed by atoms with Gasteiger partial charge in [-0.3, -0.25) is 0 Å². The third-order valence-electron chi connectivity index (χ3n) is 4.30. The van der Waals surface area contributed by atoms with Crippen molar-refractivity contribution in [2.24, 2.45) is 0 Å². The maximum Gasteiger partial charge on any atom is 0.460 e. The van der Waals surface area contributed by atoms with E-state index in [0.29, 0.717) is 0 Å². The van der Waals surface area contributed by atoms with E-state index in [1.54, 1.807) is 0 Å². The number of carboxylic acids is 1. The first-order valence-corrected chi connectivity index (χ1v) is 8.06. The van der Waals surface area contributed by atoms with E-state index >= 15 is 0 Å². The lowest BCUT2D eigenvalue weighted by molar-refractivity contribution is -0.883. The van der Waals surface area contributed by atoms with Crippen molar-refractivity contribution in [1.82, 2.24) is 0 Å². The highest BCUT2D eigenvalue weighted by atomic mass is 19.4. The third kappa shape index (κ3) is 5.06. The fraction of sp³-hybridized carbons (Fsp3) is 0.929. The minimum Gasteiger partial charge on any atom is -0.477 e. The molecule has 1 atom stereocenters. The molecule has 1 N–H and O–H groups in total. The molecule has 0 aliphatic heterocycles. The molecular weight excluding hydrogens is 518 g/mol. The highest BCUT2D eigenvalue weighted by Crippen LogP contribution is 2.62. The molecule has 3 nitrogen and oxygen atoms in total. The summed E-state index contributed by atoms with van der Waals surface area (Å²) >= 11 is 0. The summed E-state index contributed by atoms with van der Waals surface area (Å²) in [6.07, 6.45) is -14.3. The van der Waals surface area contributed by atoms with Gasteiger partial charge in [0.2, 0.25) is 0 Å². The Bertz CT molecular complexity index is 714. The van der Waals surface area contributed by atoms with E-state index in [1.165, 1.54) is 0 Å². The zero-order valence-corrected chi connectivity index (χ0v) is 16.0. The number of halogens is 16. The number of hydrogen-bond acceptors (Lipinski definition) is 1. The van der Waals surface area contributed by atoms with E-state index in [0.717, 1.165) is 14.1 Å². The summed E-state index contributed by atoms with van der Waals surface area (Å²) in [5, 5.41) is 8.53. The van der Waals surface area contributed by atoms with Gasteiger partial charge in [-0.2, -0.15) is 65.9 Å². The van der Waals surface area contributed by atoms with Crippen molar-refractivity contribution in [2.45, 2.75) is 54.3 Å². The average molecular weight is 532 g/mol. The van der Waals surface area contributed by atoms with Crippen LogP contribution in [0.4, 0.5) is 70.2 Å². The number of aliphatic carboxylic acids is 1. The Morgan fingerprint density at radius 2 is 1.03 bits per heavy atom. The van der Waals surface area contributed by atoms with Gasteiger partial charge in [0.25, 0.3) is 0 Å². The summed E-state index contributed by atoms with van der Waals surface area (Å²) in [6, 6.07) is 0. The lowest BCUT2D eigenvalue weighted by atomic mass is 9.89. The van der Waals surface area contributed by atoms with Crippen LogP contribution in [-0.4, -0.2) is 90.6 Å². The van der Waals surface area contributed by atoms with Gasteiger partial charge in [0, 0.05) is 6.42 Å². The Labute approximate surface area is 173 Å². The second-order valence-electron chi connectivity index (χ2n) is 7.46. The molecule has 0 amide bonds. The zero-order valence-electron chi connectivity index (χ0n) is 16.0. The minimum atomic E-state index is -8.48. The number of carboxylic acid groups (broad SMARTS) is 1. The molecule has 0 heterocycles. The molecule has 198 valence electrons. The standard InChI is InChI=1S/C14H13F16NO2/c1-31(2,5-7(32)33)4-3-6(15)8(16,17)9(18,19)10(20,21)11(22,23)12(24,25)13(26,27)14(28,29)30/h6H,3-5H2,1-2H3/p+1. The van der Waals surface area contributed by atoms with Gasteiger partial charge in [-0.1, -0.05) is 0 Å². The molecule has 0 aromatic heterocycles. The maximum atomic E-state index is 13.7. The van der Waals surface area contributed by atoms with Gasteiger partial charge in [-0.05, 0) is 0 Å². The van der Waals surface area contributed by atoms with Gasteiger partial charge in [-0.15, -0.1) is 0 Å². The molecular formula is C14H14F16NO2+. The number of quaternary nitrogens is 1. The molecule has 0 aromatic rings. The molecule has 0 saturated carbocycles. The van der Waals surface area contributed by atoms with Crippen LogP contribution in [-0.2, 0) is 4.79 Å². The SMILES string of the molecule is C[N+](C)(CCC(F)C(F)(F)C(F)(F)C(F)(F)C(F)(F)C(F)(F)C(F)(F)C(F)(F)F)CC(=O)O. The van der Waals surface area contributed by atoms with Crippen molar-refractivity contribution in [1.29, 1.82) is 0 Å². The molecule has 0 aliphatic rings. The lowest BCUT2D eigenvalue weighted by Gasteiger charge is -2.42. The predicted octanol–water partition coefficient (Wildman–Crippen LogP) is 5.25. The fourth-order valence-electron chi connectivity index (χ4n) is 2.26. The Balaban J connectivity index is 6.25. The van der Waals surface area contributed by atoms with Crippen LogP contribution in [0.15, 0.2) is 0 Å². The smallest absolute Gasteiger partial charge is 0.460 e. The number of hydrogen-bond donors (Lipinski definition) is 1. The molecule has 0 spiro atoms. The van der Waals surface area contributed by atoms with Gasteiger partial charge < -0.3 is 9.59 Å². The van der Waals surface area contributed by atoms with Crippen molar-refractivity contribution < 1.29 is 84.6 Å². The van der Waals surface area contributed by atoms with E-state index in [4.69, 9.17) is 5.11 Å². The summed E-state index contributed by atoms with van der Waals surface area (Å²) in [5.74, 6) is -49.9. The summed E-state index contributed by atoms with van der Waals surface area (Å²) in [5.41, 5.74) is 0. The number of rotatable bonds is 11. The van der Waals surface area contributed by atoms with Crippen molar-refractivity contribution in [2.75, 3.05) is 27.2 Å². The highest BCUT2D eigenvalue weighted by molar-refractivity contribution is 5.67. The fourth-order valence-corrected chi connectivity index (χ4v) is 2.26. The van der Waals surface area contributed by atoms with Crippen molar-refractivity contribution in [3.05, 3.63) is 0 Å². The van der Waals surface area contributed by atoms with E-state index in [-0.39, 0.29) is 0 Å². The Hall–Kier alpha value is -1.69. The van der Waals surface area contributed by atoms with E-state index in [1.807, 2.05) is 0 Å². The number of carbonyl (C=O) groups is 1. The maximum absolute atomic E-state index is 13.7. The van der Waals surface area contributed by atoms with E-state index < -0.39 is 77.8 Å². The summed E-state index contributed by atoms with van der Waals surface area (Å²) in [6.45, 7) is -2.15. The molecule has 19 heteroatoms. The van der Waals surface area contributed by atoms with Crippen LogP contribution in [0.25, 0.3) is 0 Å². The molecule has 33 heavy (non-hydrogen) atoms. The van der Waals surface area contributed by atoms with Gasteiger partial charge in [0.15, 0.2) is 12.7 Å². The van der Waals surface area contributed by atoms with Gasteiger partial charge >= 0.3 is 47.7 Å². The van der Waals surface area contributed by atoms with Crippen LogP contribution in [0.2, 0.25) is 0 Å². The number of likely N-dealkylation sites (N-methyl/N-ethyl adjacent to an activating group) is 1. The minimum absolute atomic E-state index is 0.875. The zero-order chi connectivity index (χ0) is 27.3. The third-order valence-corrected chi connectivity index (χ3v) is 4.30. The largest absolute Gasteiger partial charge is 0.477 e. The van der Waals surface area contributed by atoms with Gasteiger partial charge in [-0.25, -0.2) is 9.18 Å². The van der Waals surface area contributed by atoms with Gasteiger partial charge in [0.1, 0.15) is 0 Å². The predicted molar refractivity (Wildman–Crippen MR) is 74.7 cm³/mol. The van der Waals surface area contributed by atoms with Crippen LogP contribution in [0, 0.1) is 0 Å². The molecule has 0 saturated heterocycles. The monoisotopic (exact) mass is 532 g/mol. The van der Waals surface area contributed by atoms with Crippen LogP contribution < -0.4 is 0 Å².